The zero-order chi connectivity index (χ0) is 13.1. The van der Waals surface area contributed by atoms with Gasteiger partial charge in [-0.1, -0.05) is 0 Å². The van der Waals surface area contributed by atoms with E-state index in [1.807, 2.05) is 18.3 Å². The van der Waals surface area contributed by atoms with Gasteiger partial charge in [-0.2, -0.15) is 0 Å². The van der Waals surface area contributed by atoms with Crippen molar-refractivity contribution in [1.82, 2.24) is 4.98 Å². The van der Waals surface area contributed by atoms with Gasteiger partial charge in [-0.05, 0) is 0 Å². The van der Waals surface area contributed by atoms with Crippen LogP contribution in [0.3, 0.4) is 0 Å². The zero-order valence-electron chi connectivity index (χ0n) is 10.3. The third-order valence-electron chi connectivity index (χ3n) is 3.00. The predicted molar refractivity (Wildman–Crippen MR) is 81.3 cm³/mol. The number of hydrogen-bond donors (Lipinski definition) is 1. The first-order valence-electron chi connectivity index (χ1n) is 6.17. The maximum absolute atomic E-state index is 4.50. The van der Waals surface area contributed by atoms with E-state index in [1.54, 1.807) is 0 Å². The maximum atomic E-state index is 4.50. The van der Waals surface area contributed by atoms with Gasteiger partial charge in [0.05, 0.1) is 0 Å². The molecule has 1 radical (unpaired) electrons. The van der Waals surface area contributed by atoms with E-state index in [-0.39, 0.29) is 0 Å². The van der Waals surface area contributed by atoms with Crippen molar-refractivity contribution in [1.29, 1.82) is 0 Å². The van der Waals surface area contributed by atoms with Crippen LogP contribution >= 0.6 is 0 Å². The van der Waals surface area contributed by atoms with E-state index in [0.29, 0.717) is 0 Å². The van der Waals surface area contributed by atoms with Crippen LogP contribution in [0.5, 0.6) is 0 Å². The van der Waals surface area contributed by atoms with Crippen LogP contribution in [0.1, 0.15) is 5.56 Å². The van der Waals surface area contributed by atoms with Crippen molar-refractivity contribution in [2.45, 2.75) is 6.42 Å². The molecule has 3 heteroatoms. The monoisotopic (exact) mass is 313 g/mol. The Bertz CT molecular complexity index is 714. The molecular formula is C16H13N2Se. The number of rotatable bonds is 3. The van der Waals surface area contributed by atoms with E-state index in [4.69, 9.17) is 0 Å². The summed E-state index contributed by atoms with van der Waals surface area (Å²) in [6.45, 7) is 0. The van der Waals surface area contributed by atoms with Crippen LogP contribution in [-0.4, -0.2) is 25.6 Å². The molecule has 0 saturated heterocycles. The van der Waals surface area contributed by atoms with Crippen LogP contribution in [0.2, 0.25) is 0 Å². The molecule has 19 heavy (non-hydrogen) atoms. The molecule has 3 aromatic rings. The third kappa shape index (κ3) is 2.95. The molecule has 1 heterocycles. The molecule has 1 aromatic heterocycles. The van der Waals surface area contributed by atoms with Gasteiger partial charge in [0.15, 0.2) is 0 Å². The molecule has 0 amide bonds. The summed E-state index contributed by atoms with van der Waals surface area (Å²) in [6, 6.07) is 18.8. The van der Waals surface area contributed by atoms with E-state index >= 15 is 0 Å². The van der Waals surface area contributed by atoms with Crippen molar-refractivity contribution in [3.63, 3.8) is 0 Å². The SMILES string of the molecule is [Se]/C(Cc1ccc2ccccc2c1)=N\c1ccc[nH]1. The molecule has 93 valence electrons. The van der Waals surface area contributed by atoms with Gasteiger partial charge in [0.25, 0.3) is 0 Å². The first-order chi connectivity index (χ1) is 9.31. The molecule has 0 bridgehead atoms. The summed E-state index contributed by atoms with van der Waals surface area (Å²) in [5, 5.41) is 2.54. The molecule has 0 aliphatic carbocycles. The van der Waals surface area contributed by atoms with Crippen molar-refractivity contribution in [2.75, 3.05) is 0 Å². The Hall–Kier alpha value is -1.83. The molecule has 0 unspecified atom stereocenters. The number of nitrogens with zero attached hydrogens (tertiary/aromatic N) is 1. The molecule has 1 N–H and O–H groups in total. The number of hydrogen-bond acceptors (Lipinski definition) is 1. The van der Waals surface area contributed by atoms with Gasteiger partial charge >= 0.3 is 120 Å². The van der Waals surface area contributed by atoms with Crippen LogP contribution in [0.4, 0.5) is 5.82 Å². The Morgan fingerprint density at radius 1 is 1.00 bits per heavy atom. The van der Waals surface area contributed by atoms with E-state index in [9.17, 15) is 0 Å². The molecular weight excluding hydrogens is 299 g/mol. The number of aliphatic imine (C=N–C) groups is 1. The second-order valence-electron chi connectivity index (χ2n) is 4.42. The van der Waals surface area contributed by atoms with Crippen molar-refractivity contribution >= 4 is 37.2 Å². The van der Waals surface area contributed by atoms with Crippen molar-refractivity contribution < 1.29 is 0 Å². The van der Waals surface area contributed by atoms with Gasteiger partial charge in [-0.3, -0.25) is 0 Å². The average molecular weight is 312 g/mol. The van der Waals surface area contributed by atoms with E-state index in [1.165, 1.54) is 16.3 Å². The van der Waals surface area contributed by atoms with Gasteiger partial charge in [-0.15, -0.1) is 0 Å². The summed E-state index contributed by atoms with van der Waals surface area (Å²) in [7, 11) is 0. The standard InChI is InChI=1S/C16H13N2Se/c19-16(18-15-6-3-9-17-15)11-12-7-8-13-4-1-2-5-14(13)10-12/h1-10,17H,11H2/b18-16-. The number of aromatic nitrogens is 1. The first kappa shape index (κ1) is 12.2. The third-order valence-corrected chi connectivity index (χ3v) is 3.49. The molecule has 2 nitrogen and oxygen atoms in total. The number of fused-ring (bicyclic) bond motifs is 1. The summed E-state index contributed by atoms with van der Waals surface area (Å²) in [5.41, 5.74) is 1.27. The fourth-order valence-electron chi connectivity index (χ4n) is 2.09. The predicted octanol–water partition coefficient (Wildman–Crippen LogP) is 3.61. The normalized spacial score (nSPS) is 11.9. The van der Waals surface area contributed by atoms with Crippen molar-refractivity contribution in [2.24, 2.45) is 4.99 Å². The van der Waals surface area contributed by atoms with Crippen LogP contribution in [0.25, 0.3) is 10.8 Å². The Morgan fingerprint density at radius 3 is 2.63 bits per heavy atom. The fourth-order valence-corrected chi connectivity index (χ4v) is 2.64. The summed E-state index contributed by atoms with van der Waals surface area (Å²) >= 11 is 3.04. The Balaban J connectivity index is 1.85. The van der Waals surface area contributed by atoms with E-state index < -0.39 is 0 Å². The average Bonchev–Trinajstić information content (AvgIpc) is 2.91. The molecule has 2 aromatic carbocycles. The summed E-state index contributed by atoms with van der Waals surface area (Å²) in [4.78, 5) is 7.58. The van der Waals surface area contributed by atoms with Crippen molar-refractivity contribution in [3.05, 3.63) is 66.4 Å². The van der Waals surface area contributed by atoms with Crippen LogP contribution < -0.4 is 0 Å². The van der Waals surface area contributed by atoms with Gasteiger partial charge in [-0.25, -0.2) is 0 Å². The van der Waals surface area contributed by atoms with Gasteiger partial charge in [0.2, 0.25) is 0 Å². The number of benzene rings is 2. The Kier molecular flexibility index (Phi) is 3.49. The molecule has 0 fully saturated rings. The summed E-state index contributed by atoms with van der Waals surface area (Å²) in [6.07, 6.45) is 2.70. The summed E-state index contributed by atoms with van der Waals surface area (Å²) in [5.74, 6) is 0.884. The zero-order valence-corrected chi connectivity index (χ0v) is 12.0. The van der Waals surface area contributed by atoms with Crippen LogP contribution in [-0.2, 0) is 6.42 Å². The number of nitrogens with one attached hydrogen (secondary N) is 1. The minimum atomic E-state index is 0.823. The Labute approximate surface area is 120 Å². The topological polar surface area (TPSA) is 28.1 Å². The molecule has 0 spiro atoms. The second kappa shape index (κ2) is 5.43. The van der Waals surface area contributed by atoms with E-state index in [0.717, 1.165) is 16.8 Å². The quantitative estimate of drug-likeness (QED) is 0.565. The fraction of sp³-hybridized carbons (Fsp3) is 0.0625. The molecule has 0 saturated carbocycles. The molecule has 0 atom stereocenters. The van der Waals surface area contributed by atoms with Gasteiger partial charge in [0.1, 0.15) is 0 Å². The molecule has 3 rings (SSSR count). The minimum absolute atomic E-state index is 0.823. The van der Waals surface area contributed by atoms with Crippen molar-refractivity contribution in [3.8, 4) is 0 Å². The summed E-state index contributed by atoms with van der Waals surface area (Å²) < 4.78 is 0.984. The van der Waals surface area contributed by atoms with Crippen LogP contribution in [0, 0.1) is 0 Å². The van der Waals surface area contributed by atoms with Gasteiger partial charge < -0.3 is 0 Å². The van der Waals surface area contributed by atoms with Gasteiger partial charge in [0, 0.05) is 0 Å². The first-order valence-corrected chi connectivity index (χ1v) is 7.02. The number of aromatic amines is 1. The molecule has 0 aliphatic rings. The van der Waals surface area contributed by atoms with Crippen LogP contribution in [0.15, 0.2) is 65.8 Å². The molecule has 0 aliphatic heterocycles. The second-order valence-corrected chi connectivity index (χ2v) is 5.41. The Morgan fingerprint density at radius 2 is 1.84 bits per heavy atom. The van der Waals surface area contributed by atoms with E-state index in [2.05, 4.69) is 68.5 Å². The number of H-pyrrole nitrogens is 1.